The molecule has 494 valence electrons. The normalized spacial score (nSPS) is 15.7. The van der Waals surface area contributed by atoms with Crippen molar-refractivity contribution < 1.29 is 42.2 Å². The van der Waals surface area contributed by atoms with Crippen LogP contribution in [0.15, 0.2) is 321 Å². The number of imidazole rings is 1. The number of hydrogen-bond acceptors (Lipinski definition) is 2. The van der Waals surface area contributed by atoms with Crippen LogP contribution in [0.3, 0.4) is 0 Å². The minimum Gasteiger partial charge on any atom is -0.458 e. The average Bonchev–Trinajstić information content (AvgIpc) is 0.828. The van der Waals surface area contributed by atoms with E-state index in [1.165, 1.54) is 0 Å². The van der Waals surface area contributed by atoms with E-state index >= 15 is 0 Å². The highest BCUT2D eigenvalue weighted by Crippen LogP contribution is 2.50. The summed E-state index contributed by atoms with van der Waals surface area (Å²) in [6, 6.07) is 29.7. The molecule has 3 aromatic heterocycles. The SMILES string of the molecule is [2H]c1c([2H])c([2H])c(-c2cccc3c2-c2cccc(-c4cc(C(C)(C)C)cc(C(C)(C)C)c4)c2-[n+]2[c-]n(-c4cccc(Oc5ccc6c7ccccc7n(-c7cc(C(C)(C)C)ccn7)c6c5)c4)c4cc(-c5c([2H])c([2H])c([2H])c([Si](c6c([2H])c([2H])c([2H])c([2H])c6[2H])(c6c([2H])c([2H])c([2H])c([2H])c6[2H])c6c([2H])c([2H])c([2H])c([2H])c6[2H])c5[2H])cc(c42)-c2ccccc2-3)c([2H])c1[2H]. The Morgan fingerprint density at radius 3 is 1.61 bits per heavy atom. The van der Waals surface area contributed by atoms with E-state index in [-0.39, 0.29) is 27.6 Å². The van der Waals surface area contributed by atoms with Gasteiger partial charge in [0.2, 0.25) is 0 Å². The number of rotatable bonds is 11. The molecule has 102 heavy (non-hydrogen) atoms. The molecular formula is C96H80N4OSi. The molecule has 0 aliphatic carbocycles. The first-order valence-corrected chi connectivity index (χ1v) is 35.7. The number of nitrogens with zero attached hydrogens (tertiary/aromatic N) is 4. The molecule has 5 nitrogen and oxygen atoms in total. The summed E-state index contributed by atoms with van der Waals surface area (Å²) in [6.45, 7) is 19.1. The van der Waals surface area contributed by atoms with E-state index in [9.17, 15) is 27.4 Å². The van der Waals surface area contributed by atoms with Crippen LogP contribution in [-0.2, 0) is 16.2 Å². The highest BCUT2D eigenvalue weighted by molar-refractivity contribution is 7.20. The van der Waals surface area contributed by atoms with E-state index in [1.54, 1.807) is 71.4 Å². The molecule has 1 aliphatic heterocycles. The molecule has 0 bridgehead atoms. The van der Waals surface area contributed by atoms with E-state index in [1.807, 2.05) is 83.4 Å². The van der Waals surface area contributed by atoms with E-state index < -0.39 is 190 Å². The molecule has 4 heterocycles. The minimum atomic E-state index is -6.40. The summed E-state index contributed by atoms with van der Waals surface area (Å²) in [5.41, 5.74) is 8.31. The standard InChI is InChI=1S/C96H80N4OSi/c1-94(2,3)68-52-53-97-90(60-68)100-87-49-25-24-44-82(87)83-51-50-73(62-88(83)100)101-72-34-27-33-71(61-72)98-63-99-92-79(67-54-69(95(4,5)6)59-70(55-67)96(7,8)9)46-29-48-85(92)91-78(64-30-14-10-15-31-64)45-28-47-84(91)80-42-22-23-43-81(80)86-57-66(58-89(98)93(86)99)65-32-26-41-77(56-65)102(74-35-16-11-17-36-74,75-37-18-12-19-38-75)76-39-20-13-21-40-76/h10-62H,1-9H3/i10D,11D,12D,13D,14D,15D,16D,17D,18D,19D,20D,21D,26D,30D,31D,32D,35D,36D,37D,38D,39D,40D,41D,56D. The first-order chi connectivity index (χ1) is 59.4. The Labute approximate surface area is 633 Å². The van der Waals surface area contributed by atoms with Gasteiger partial charge in [-0.15, -0.1) is 0 Å². The van der Waals surface area contributed by atoms with Crippen LogP contribution in [0.5, 0.6) is 11.5 Å². The van der Waals surface area contributed by atoms with E-state index in [0.717, 1.165) is 44.1 Å². The summed E-state index contributed by atoms with van der Waals surface area (Å²) < 4.78 is 245. The smallest absolute Gasteiger partial charge is 0.269 e. The van der Waals surface area contributed by atoms with E-state index in [4.69, 9.17) is 15.2 Å². The molecule has 0 radical (unpaired) electrons. The number of aromatic nitrogens is 4. The van der Waals surface area contributed by atoms with Crippen molar-refractivity contribution in [3.8, 4) is 95.5 Å². The molecule has 0 saturated heterocycles. The van der Waals surface area contributed by atoms with E-state index in [2.05, 4.69) is 104 Å². The van der Waals surface area contributed by atoms with Gasteiger partial charge in [0.25, 0.3) is 6.33 Å². The Morgan fingerprint density at radius 1 is 0.392 bits per heavy atom. The van der Waals surface area contributed by atoms with Gasteiger partial charge in [0.1, 0.15) is 17.3 Å². The molecule has 0 unspecified atom stereocenters. The van der Waals surface area contributed by atoms with Gasteiger partial charge in [-0.1, -0.05) is 317 Å². The second-order valence-corrected chi connectivity index (χ2v) is 32.2. The van der Waals surface area contributed by atoms with Crippen molar-refractivity contribution in [1.29, 1.82) is 0 Å². The predicted octanol–water partition coefficient (Wildman–Crippen LogP) is 21.6. The molecule has 6 heteroatoms. The Hall–Kier alpha value is -11.7. The first kappa shape index (κ1) is 42.4. The van der Waals surface area contributed by atoms with Crippen LogP contribution >= 0.6 is 0 Å². The fraction of sp³-hybridized carbons (Fsp3) is 0.125. The Bertz CT molecular complexity index is 7150. The monoisotopic (exact) mass is 1360 g/mol. The number of fused-ring (bicyclic) bond motifs is 10. The zero-order valence-electron chi connectivity index (χ0n) is 81.4. The third-order valence-electron chi connectivity index (χ3n) is 19.3. The lowest BCUT2D eigenvalue weighted by molar-refractivity contribution is -0.570. The Kier molecular flexibility index (Phi) is 10.3. The lowest BCUT2D eigenvalue weighted by atomic mass is 9.78. The summed E-state index contributed by atoms with van der Waals surface area (Å²) in [5, 5.41) is -2.07. The molecule has 0 saturated carbocycles. The topological polar surface area (TPSA) is 35.9 Å². The van der Waals surface area contributed by atoms with Crippen LogP contribution < -0.4 is 30.1 Å². The largest absolute Gasteiger partial charge is 0.458 e. The van der Waals surface area contributed by atoms with Gasteiger partial charge in [0.05, 0.1) is 66.3 Å². The quantitative estimate of drug-likeness (QED) is 0.0560. The summed E-state index contributed by atoms with van der Waals surface area (Å²) in [5.74, 6) is 1.42. The zero-order valence-corrected chi connectivity index (χ0v) is 58.4. The maximum absolute atomic E-state index is 11.2. The van der Waals surface area contributed by atoms with Gasteiger partial charge in [0.15, 0.2) is 8.07 Å². The Balaban J connectivity index is 1.06. The van der Waals surface area contributed by atoms with Gasteiger partial charge in [0, 0.05) is 23.0 Å². The molecule has 16 aromatic rings. The molecule has 13 aromatic carbocycles. The lowest BCUT2D eigenvalue weighted by Crippen LogP contribution is -2.74. The minimum absolute atomic E-state index is 0.114. The summed E-state index contributed by atoms with van der Waals surface area (Å²) >= 11 is 0. The second-order valence-electron chi connectivity index (χ2n) is 28.7. The van der Waals surface area contributed by atoms with Gasteiger partial charge < -0.3 is 4.74 Å². The fourth-order valence-corrected chi connectivity index (χ4v) is 17.8. The van der Waals surface area contributed by atoms with Gasteiger partial charge in [-0.25, -0.2) is 4.98 Å². The molecule has 0 amide bonds. The number of benzene rings is 13. The number of hydrogen-bond donors (Lipinski definition) is 0. The second kappa shape index (κ2) is 24.9. The van der Waals surface area contributed by atoms with Crippen LogP contribution in [0.4, 0.5) is 0 Å². The van der Waals surface area contributed by atoms with Crippen LogP contribution in [0, 0.1) is 6.33 Å². The van der Waals surface area contributed by atoms with Crippen LogP contribution in [0.25, 0.3) is 117 Å². The van der Waals surface area contributed by atoms with Gasteiger partial charge >= 0.3 is 0 Å². The van der Waals surface area contributed by atoms with Crippen molar-refractivity contribution in [1.82, 2.24) is 14.1 Å². The van der Waals surface area contributed by atoms with Crippen LogP contribution in [0.2, 0.25) is 0 Å². The zero-order chi connectivity index (χ0) is 90.5. The molecule has 0 fully saturated rings. The van der Waals surface area contributed by atoms with Gasteiger partial charge in [-0.2, -0.15) is 0 Å². The highest BCUT2D eigenvalue weighted by atomic mass is 28.3. The lowest BCUT2D eigenvalue weighted by Gasteiger charge is -2.34. The first-order valence-electron chi connectivity index (χ1n) is 45.7. The third-order valence-corrected chi connectivity index (χ3v) is 23.3. The third kappa shape index (κ3) is 11.0. The number of para-hydroxylation sites is 2. The molecular weight excluding hydrogens is 1250 g/mol. The summed E-state index contributed by atoms with van der Waals surface area (Å²) in [4.78, 5) is 4.92. The van der Waals surface area contributed by atoms with Crippen molar-refractivity contribution >= 4 is 61.7 Å². The van der Waals surface area contributed by atoms with Crippen molar-refractivity contribution in [2.45, 2.75) is 78.6 Å². The maximum atomic E-state index is 11.2. The van der Waals surface area contributed by atoms with Crippen molar-refractivity contribution in [2.75, 3.05) is 0 Å². The van der Waals surface area contributed by atoms with Crippen LogP contribution in [0.1, 0.15) is 112 Å². The Morgan fingerprint density at radius 2 is 0.941 bits per heavy atom. The molecule has 1 aliphatic rings. The van der Waals surface area contributed by atoms with Crippen molar-refractivity contribution in [3.63, 3.8) is 0 Å². The van der Waals surface area contributed by atoms with Crippen LogP contribution in [-0.4, -0.2) is 22.2 Å². The molecule has 0 N–H and O–H groups in total. The van der Waals surface area contributed by atoms with Crippen molar-refractivity contribution in [3.05, 3.63) is 344 Å². The van der Waals surface area contributed by atoms with E-state index in [0.29, 0.717) is 73.2 Å². The number of ether oxygens (including phenoxy) is 1. The average molecular weight is 1360 g/mol. The molecule has 17 rings (SSSR count). The molecule has 0 spiro atoms. The van der Waals surface area contributed by atoms with Gasteiger partial charge in [-0.05, 0) is 175 Å². The van der Waals surface area contributed by atoms with Gasteiger partial charge in [-0.3, -0.25) is 13.7 Å². The predicted molar refractivity (Wildman–Crippen MR) is 428 cm³/mol. The summed E-state index contributed by atoms with van der Waals surface area (Å²) in [6.07, 6.45) is 5.63. The summed E-state index contributed by atoms with van der Waals surface area (Å²) in [7, 11) is -6.40. The highest BCUT2D eigenvalue weighted by Gasteiger charge is 2.42. The van der Waals surface area contributed by atoms with Crippen molar-refractivity contribution in [2.24, 2.45) is 0 Å². The number of pyridine rings is 1. The molecule has 0 atom stereocenters. The maximum Gasteiger partial charge on any atom is 0.269 e. The fourth-order valence-electron chi connectivity index (χ4n) is 14.2.